The van der Waals surface area contributed by atoms with E-state index in [0.29, 0.717) is 24.0 Å². The van der Waals surface area contributed by atoms with E-state index in [9.17, 15) is 9.90 Å². The molecular formula is C25H37N3O3. The van der Waals surface area contributed by atoms with Crippen molar-refractivity contribution in [2.75, 3.05) is 44.7 Å². The van der Waals surface area contributed by atoms with Crippen LogP contribution < -0.4 is 4.90 Å². The molecule has 1 saturated carbocycles. The number of aryl methyl sites for hydroxylation is 1. The minimum atomic E-state index is -0.266. The van der Waals surface area contributed by atoms with Crippen molar-refractivity contribution in [3.05, 3.63) is 22.9 Å². The van der Waals surface area contributed by atoms with Crippen molar-refractivity contribution in [3.63, 3.8) is 0 Å². The molecule has 1 aromatic heterocycles. The molecule has 4 rings (SSSR count). The predicted octanol–water partition coefficient (Wildman–Crippen LogP) is 4.65. The van der Waals surface area contributed by atoms with Crippen LogP contribution in [0.2, 0.25) is 0 Å². The number of esters is 1. The highest BCUT2D eigenvalue weighted by Gasteiger charge is 2.32. The molecule has 31 heavy (non-hydrogen) atoms. The first-order valence-corrected chi connectivity index (χ1v) is 12.0. The number of ether oxygens (including phenoxy) is 1. The highest BCUT2D eigenvalue weighted by molar-refractivity contribution is 6.13. The monoisotopic (exact) mass is 427 g/mol. The molecule has 0 bridgehead atoms. The Morgan fingerprint density at radius 3 is 2.42 bits per heavy atom. The van der Waals surface area contributed by atoms with E-state index in [1.807, 2.05) is 13.8 Å². The summed E-state index contributed by atoms with van der Waals surface area (Å²) < 4.78 is 7.97. The number of likely N-dealkylation sites (N-methyl/N-ethyl adjacent to an activating group) is 1. The Morgan fingerprint density at radius 2 is 1.81 bits per heavy atom. The Balaban J connectivity index is 2.01. The summed E-state index contributed by atoms with van der Waals surface area (Å²) in [6, 6.07) is 2.49. The zero-order chi connectivity index (χ0) is 22.1. The summed E-state index contributed by atoms with van der Waals surface area (Å²) >= 11 is 0. The second-order valence-corrected chi connectivity index (χ2v) is 9.13. The number of carbonyl (C=O) groups is 1. The van der Waals surface area contributed by atoms with Crippen LogP contribution in [-0.4, -0.2) is 60.4 Å². The molecular weight excluding hydrogens is 390 g/mol. The Hall–Kier alpha value is -2.21. The van der Waals surface area contributed by atoms with Gasteiger partial charge in [0.15, 0.2) is 0 Å². The molecule has 1 aliphatic carbocycles. The summed E-state index contributed by atoms with van der Waals surface area (Å²) in [6.45, 7) is 9.84. The number of hydrogen-bond acceptors (Lipinski definition) is 5. The van der Waals surface area contributed by atoms with E-state index in [1.54, 1.807) is 0 Å². The zero-order valence-electron chi connectivity index (χ0n) is 19.5. The molecule has 2 heterocycles. The van der Waals surface area contributed by atoms with Gasteiger partial charge in [-0.05, 0) is 51.8 Å². The Bertz CT molecular complexity index is 951. The van der Waals surface area contributed by atoms with E-state index in [4.69, 9.17) is 4.74 Å². The molecule has 6 nitrogen and oxygen atoms in total. The number of phenolic OH excluding ortho intramolecular Hbond substituents is 1. The third-order valence-corrected chi connectivity index (χ3v) is 7.11. The van der Waals surface area contributed by atoms with Gasteiger partial charge in [-0.1, -0.05) is 26.2 Å². The number of aromatic nitrogens is 1. The summed E-state index contributed by atoms with van der Waals surface area (Å²) in [6.07, 6.45) is 6.79. The average Bonchev–Trinajstić information content (AvgIpc) is 3.10. The molecule has 2 aliphatic rings. The SMILES string of the molecule is CCOC(=O)c1c(CC)n(C2CCCCC2)c2cc(C)c(O)c(N3CCN(C)CC3)c12. The Morgan fingerprint density at radius 1 is 1.13 bits per heavy atom. The van der Waals surface area contributed by atoms with E-state index in [2.05, 4.69) is 34.4 Å². The molecule has 170 valence electrons. The highest BCUT2D eigenvalue weighted by Crippen LogP contribution is 2.46. The smallest absolute Gasteiger partial charge is 0.340 e. The van der Waals surface area contributed by atoms with Gasteiger partial charge in [-0.3, -0.25) is 0 Å². The van der Waals surface area contributed by atoms with E-state index in [-0.39, 0.29) is 5.97 Å². The predicted molar refractivity (Wildman–Crippen MR) is 126 cm³/mol. The lowest BCUT2D eigenvalue weighted by Gasteiger charge is -2.35. The van der Waals surface area contributed by atoms with Crippen LogP contribution in [0.1, 0.15) is 73.6 Å². The fraction of sp³-hybridized carbons (Fsp3) is 0.640. The molecule has 1 saturated heterocycles. The molecule has 0 spiro atoms. The number of carbonyl (C=O) groups excluding carboxylic acids is 1. The van der Waals surface area contributed by atoms with Crippen LogP contribution >= 0.6 is 0 Å². The molecule has 2 aromatic rings. The number of rotatable bonds is 5. The lowest BCUT2D eigenvalue weighted by atomic mass is 9.95. The topological polar surface area (TPSA) is 57.9 Å². The maximum Gasteiger partial charge on any atom is 0.340 e. The number of fused-ring (bicyclic) bond motifs is 1. The second kappa shape index (κ2) is 9.11. The Labute approximate surface area is 185 Å². The third-order valence-electron chi connectivity index (χ3n) is 7.11. The van der Waals surface area contributed by atoms with E-state index in [0.717, 1.165) is 73.3 Å². The number of anilines is 1. The van der Waals surface area contributed by atoms with Gasteiger partial charge in [-0.2, -0.15) is 0 Å². The molecule has 2 fully saturated rings. The quantitative estimate of drug-likeness (QED) is 0.704. The molecule has 0 radical (unpaired) electrons. The molecule has 0 amide bonds. The van der Waals surface area contributed by atoms with Gasteiger partial charge in [0.05, 0.1) is 23.4 Å². The summed E-state index contributed by atoms with van der Waals surface area (Å²) in [5, 5.41) is 12.1. The van der Waals surface area contributed by atoms with Gasteiger partial charge in [0.2, 0.25) is 0 Å². The lowest BCUT2D eigenvalue weighted by molar-refractivity contribution is 0.0527. The number of phenols is 1. The van der Waals surface area contributed by atoms with Gasteiger partial charge < -0.3 is 24.2 Å². The van der Waals surface area contributed by atoms with E-state index >= 15 is 0 Å². The van der Waals surface area contributed by atoms with Crippen LogP contribution in [0.3, 0.4) is 0 Å². The van der Waals surface area contributed by atoms with Gasteiger partial charge in [-0.25, -0.2) is 4.79 Å². The largest absolute Gasteiger partial charge is 0.505 e. The van der Waals surface area contributed by atoms with Crippen molar-refractivity contribution in [2.24, 2.45) is 0 Å². The fourth-order valence-electron chi connectivity index (χ4n) is 5.48. The minimum Gasteiger partial charge on any atom is -0.505 e. The van der Waals surface area contributed by atoms with E-state index in [1.165, 1.54) is 19.3 Å². The summed E-state index contributed by atoms with van der Waals surface area (Å²) in [5.41, 5.74) is 4.48. The first kappa shape index (κ1) is 22.0. The van der Waals surface area contributed by atoms with Crippen LogP contribution in [0.4, 0.5) is 5.69 Å². The van der Waals surface area contributed by atoms with Crippen molar-refractivity contribution < 1.29 is 14.6 Å². The number of nitrogens with zero attached hydrogens (tertiary/aromatic N) is 3. The van der Waals surface area contributed by atoms with E-state index < -0.39 is 0 Å². The summed E-state index contributed by atoms with van der Waals surface area (Å²) in [4.78, 5) is 17.8. The van der Waals surface area contributed by atoms with Crippen LogP contribution in [0, 0.1) is 6.92 Å². The molecule has 0 unspecified atom stereocenters. The third kappa shape index (κ3) is 3.91. The average molecular weight is 428 g/mol. The second-order valence-electron chi connectivity index (χ2n) is 9.13. The normalized spacial score (nSPS) is 18.6. The highest BCUT2D eigenvalue weighted by atomic mass is 16.5. The van der Waals surface area contributed by atoms with Crippen molar-refractivity contribution in [2.45, 2.75) is 65.3 Å². The minimum absolute atomic E-state index is 0.266. The zero-order valence-corrected chi connectivity index (χ0v) is 19.5. The number of aromatic hydroxyl groups is 1. The molecule has 1 aromatic carbocycles. The van der Waals surface area contributed by atoms with Crippen molar-refractivity contribution in [3.8, 4) is 5.75 Å². The first-order chi connectivity index (χ1) is 15.0. The maximum absolute atomic E-state index is 13.3. The summed E-state index contributed by atoms with van der Waals surface area (Å²) in [7, 11) is 2.13. The molecule has 6 heteroatoms. The van der Waals surface area contributed by atoms with Crippen molar-refractivity contribution in [1.82, 2.24) is 9.47 Å². The number of benzene rings is 1. The lowest BCUT2D eigenvalue weighted by Crippen LogP contribution is -2.44. The maximum atomic E-state index is 13.3. The van der Waals surface area contributed by atoms with Gasteiger partial charge in [0.1, 0.15) is 5.75 Å². The van der Waals surface area contributed by atoms with Crippen LogP contribution in [0.25, 0.3) is 10.9 Å². The molecule has 1 N–H and O–H groups in total. The van der Waals surface area contributed by atoms with Crippen LogP contribution in [0.5, 0.6) is 5.75 Å². The fourth-order valence-corrected chi connectivity index (χ4v) is 5.48. The van der Waals surface area contributed by atoms with Gasteiger partial charge >= 0.3 is 5.97 Å². The Kier molecular flexibility index (Phi) is 6.47. The summed E-state index contributed by atoms with van der Waals surface area (Å²) in [5.74, 6) is 0.0311. The molecule has 1 aliphatic heterocycles. The van der Waals surface area contributed by atoms with Gasteiger partial charge in [-0.15, -0.1) is 0 Å². The van der Waals surface area contributed by atoms with Crippen LogP contribution in [-0.2, 0) is 11.2 Å². The van der Waals surface area contributed by atoms with Crippen molar-refractivity contribution >= 4 is 22.6 Å². The number of piperazine rings is 1. The number of hydrogen-bond donors (Lipinski definition) is 1. The first-order valence-electron chi connectivity index (χ1n) is 12.0. The van der Waals surface area contributed by atoms with Gasteiger partial charge in [0, 0.05) is 43.3 Å². The van der Waals surface area contributed by atoms with Crippen molar-refractivity contribution in [1.29, 1.82) is 0 Å². The molecule has 0 atom stereocenters. The van der Waals surface area contributed by atoms with Gasteiger partial charge in [0.25, 0.3) is 0 Å². The standard InChI is InChI=1S/C25H37N3O3/c1-5-19-22(25(30)31-6-2)21-20(28(19)18-10-8-7-9-11-18)16-17(3)24(29)23(21)27-14-12-26(4)13-15-27/h16,18,29H,5-15H2,1-4H3. The van der Waals surface area contributed by atoms with Crippen LogP contribution in [0.15, 0.2) is 6.07 Å².